The van der Waals surface area contributed by atoms with E-state index in [1.165, 1.54) is 38.8 Å². The molecule has 8 heteroatoms. The fourth-order valence-corrected chi connectivity index (χ4v) is 5.81. The van der Waals surface area contributed by atoms with Crippen LogP contribution in [0.2, 0.25) is 0 Å². The molecule has 1 N–H and O–H groups in total. The molecule has 0 spiro atoms. The highest BCUT2D eigenvalue weighted by molar-refractivity contribution is 5.94. The standard InChI is InChI=1S/C30H42N6O2.CH4/c1-4-23-10-9-22(2)36(21-23)29(37)27-16-15-26-28(32-27)35(20-8-19-34-17-6-5-7-18-34)30(33-26)31-24-11-13-25(38-3)14-12-24;/h11-16,22-23H,4-10,17-21H2,1-3H3,(H,31,33);1H4. The lowest BCUT2D eigenvalue weighted by atomic mass is 9.91. The molecule has 5 rings (SSSR count). The van der Waals surface area contributed by atoms with Gasteiger partial charge in [0.1, 0.15) is 17.0 Å². The largest absolute Gasteiger partial charge is 0.497 e. The molecular weight excluding hydrogens is 488 g/mol. The zero-order chi connectivity index (χ0) is 26.5. The van der Waals surface area contributed by atoms with Gasteiger partial charge < -0.3 is 19.9 Å². The van der Waals surface area contributed by atoms with Crippen LogP contribution in [0.25, 0.3) is 11.2 Å². The van der Waals surface area contributed by atoms with E-state index in [-0.39, 0.29) is 19.4 Å². The van der Waals surface area contributed by atoms with Gasteiger partial charge in [-0.1, -0.05) is 27.2 Å². The van der Waals surface area contributed by atoms with Crippen LogP contribution in [0.1, 0.15) is 76.7 Å². The highest BCUT2D eigenvalue weighted by atomic mass is 16.5. The summed E-state index contributed by atoms with van der Waals surface area (Å²) in [6.07, 6.45) is 8.28. The Morgan fingerprint density at radius 1 is 1.03 bits per heavy atom. The zero-order valence-electron chi connectivity index (χ0n) is 23.2. The third kappa shape index (κ3) is 6.72. The number of hydrogen-bond donors (Lipinski definition) is 1. The number of carbonyl (C=O) groups is 1. The zero-order valence-corrected chi connectivity index (χ0v) is 23.2. The number of methoxy groups -OCH3 is 1. The van der Waals surface area contributed by atoms with Crippen LogP contribution < -0.4 is 10.1 Å². The van der Waals surface area contributed by atoms with E-state index in [1.807, 2.05) is 41.3 Å². The van der Waals surface area contributed by atoms with Crippen LogP contribution in [0, 0.1) is 5.92 Å². The molecule has 212 valence electrons. The summed E-state index contributed by atoms with van der Waals surface area (Å²) < 4.78 is 7.46. The number of benzene rings is 1. The average molecular weight is 535 g/mol. The molecule has 2 aliphatic heterocycles. The number of nitrogens with zero attached hydrogens (tertiary/aromatic N) is 5. The van der Waals surface area contributed by atoms with Crippen molar-refractivity contribution in [1.29, 1.82) is 0 Å². The lowest BCUT2D eigenvalue weighted by Gasteiger charge is -2.37. The van der Waals surface area contributed by atoms with Crippen molar-refractivity contribution < 1.29 is 9.53 Å². The van der Waals surface area contributed by atoms with Crippen LogP contribution >= 0.6 is 0 Å². The average Bonchev–Trinajstić information content (AvgIpc) is 3.30. The van der Waals surface area contributed by atoms with E-state index in [2.05, 4.69) is 28.6 Å². The van der Waals surface area contributed by atoms with Crippen molar-refractivity contribution in [1.82, 2.24) is 24.3 Å². The van der Waals surface area contributed by atoms with E-state index in [0.717, 1.165) is 67.4 Å². The number of anilines is 2. The summed E-state index contributed by atoms with van der Waals surface area (Å²) in [5.41, 5.74) is 3.01. The van der Waals surface area contributed by atoms with Gasteiger partial charge in [0, 0.05) is 24.8 Å². The van der Waals surface area contributed by atoms with Gasteiger partial charge in [0.15, 0.2) is 5.65 Å². The first-order valence-corrected chi connectivity index (χ1v) is 14.4. The predicted octanol–water partition coefficient (Wildman–Crippen LogP) is 6.35. The van der Waals surface area contributed by atoms with Crippen molar-refractivity contribution in [2.75, 3.05) is 38.6 Å². The molecule has 3 aromatic rings. The Labute approximate surface area is 233 Å². The summed E-state index contributed by atoms with van der Waals surface area (Å²) in [6, 6.07) is 11.9. The maximum atomic E-state index is 13.6. The Hall–Kier alpha value is -3.13. The van der Waals surface area contributed by atoms with E-state index in [0.29, 0.717) is 11.6 Å². The first-order chi connectivity index (χ1) is 18.6. The Balaban J connectivity index is 0.00000353. The second kappa shape index (κ2) is 13.3. The topological polar surface area (TPSA) is 75.5 Å². The first kappa shape index (κ1) is 28.9. The van der Waals surface area contributed by atoms with Crippen LogP contribution in [0.3, 0.4) is 0 Å². The van der Waals surface area contributed by atoms with Crippen LogP contribution in [-0.4, -0.2) is 69.6 Å². The lowest BCUT2D eigenvalue weighted by molar-refractivity contribution is 0.0551. The Morgan fingerprint density at radius 2 is 1.79 bits per heavy atom. The predicted molar refractivity (Wildman–Crippen MR) is 159 cm³/mol. The van der Waals surface area contributed by atoms with Gasteiger partial charge in [-0.2, -0.15) is 0 Å². The van der Waals surface area contributed by atoms with Crippen molar-refractivity contribution in [2.45, 2.75) is 78.8 Å². The number of pyridine rings is 1. The SMILES string of the molecule is C.CCC1CCC(C)N(C(=O)c2ccc3nc(Nc4ccc(OC)cc4)n(CCCN4CCCCC4)c3n2)C1. The molecule has 2 saturated heterocycles. The molecule has 0 radical (unpaired) electrons. The number of aromatic nitrogens is 3. The monoisotopic (exact) mass is 534 g/mol. The molecule has 0 saturated carbocycles. The summed E-state index contributed by atoms with van der Waals surface area (Å²) >= 11 is 0. The molecule has 1 amide bonds. The number of carbonyl (C=O) groups excluding carboxylic acids is 1. The molecule has 39 heavy (non-hydrogen) atoms. The summed E-state index contributed by atoms with van der Waals surface area (Å²) in [7, 11) is 1.67. The van der Waals surface area contributed by atoms with Crippen LogP contribution in [0.15, 0.2) is 36.4 Å². The number of rotatable bonds is 9. The molecule has 8 nitrogen and oxygen atoms in total. The van der Waals surface area contributed by atoms with Gasteiger partial charge in [-0.05, 0) is 101 Å². The van der Waals surface area contributed by atoms with E-state index in [1.54, 1.807) is 7.11 Å². The molecule has 2 aliphatic rings. The molecule has 2 fully saturated rings. The van der Waals surface area contributed by atoms with E-state index < -0.39 is 0 Å². The number of piperidine rings is 2. The fraction of sp³-hybridized carbons (Fsp3) is 0.581. The van der Waals surface area contributed by atoms with Gasteiger partial charge in [0.2, 0.25) is 5.95 Å². The van der Waals surface area contributed by atoms with Crippen molar-refractivity contribution in [3.8, 4) is 5.75 Å². The molecule has 0 bridgehead atoms. The van der Waals surface area contributed by atoms with Gasteiger partial charge in [0.25, 0.3) is 5.91 Å². The number of imidazole rings is 1. The normalized spacial score (nSPS) is 20.0. The second-order valence-corrected chi connectivity index (χ2v) is 10.9. The lowest BCUT2D eigenvalue weighted by Crippen LogP contribution is -2.45. The summed E-state index contributed by atoms with van der Waals surface area (Å²) in [5, 5.41) is 3.48. The Kier molecular flexibility index (Phi) is 9.83. The number of nitrogens with one attached hydrogen (secondary N) is 1. The Morgan fingerprint density at radius 3 is 2.51 bits per heavy atom. The van der Waals surface area contributed by atoms with E-state index in [4.69, 9.17) is 14.7 Å². The summed E-state index contributed by atoms with van der Waals surface area (Å²) in [6.45, 7) is 9.40. The number of amides is 1. The van der Waals surface area contributed by atoms with E-state index in [9.17, 15) is 4.79 Å². The van der Waals surface area contributed by atoms with Crippen LogP contribution in [0.5, 0.6) is 5.75 Å². The molecule has 2 atom stereocenters. The minimum atomic E-state index is 0. The minimum absolute atomic E-state index is 0. The van der Waals surface area contributed by atoms with E-state index >= 15 is 0 Å². The van der Waals surface area contributed by atoms with Gasteiger partial charge in [0.05, 0.1) is 7.11 Å². The molecule has 0 aliphatic carbocycles. The van der Waals surface area contributed by atoms with Crippen LogP contribution in [-0.2, 0) is 6.54 Å². The van der Waals surface area contributed by atoms with Crippen molar-refractivity contribution in [3.63, 3.8) is 0 Å². The highest BCUT2D eigenvalue weighted by Gasteiger charge is 2.30. The number of fused-ring (bicyclic) bond motifs is 1. The maximum absolute atomic E-state index is 13.6. The third-order valence-electron chi connectivity index (χ3n) is 8.28. The fourth-order valence-electron chi connectivity index (χ4n) is 5.81. The van der Waals surface area contributed by atoms with Gasteiger partial charge in [-0.15, -0.1) is 0 Å². The molecule has 2 unspecified atom stereocenters. The van der Waals surface area contributed by atoms with Crippen LogP contribution in [0.4, 0.5) is 11.6 Å². The minimum Gasteiger partial charge on any atom is -0.497 e. The first-order valence-electron chi connectivity index (χ1n) is 14.4. The summed E-state index contributed by atoms with van der Waals surface area (Å²) in [5.74, 6) is 2.16. The highest BCUT2D eigenvalue weighted by Crippen LogP contribution is 2.27. The molecule has 4 heterocycles. The molecule has 2 aromatic heterocycles. The van der Waals surface area contributed by atoms with Crippen molar-refractivity contribution >= 4 is 28.7 Å². The number of likely N-dealkylation sites (tertiary alicyclic amines) is 2. The van der Waals surface area contributed by atoms with Gasteiger partial charge >= 0.3 is 0 Å². The van der Waals surface area contributed by atoms with Gasteiger partial charge in [-0.25, -0.2) is 9.97 Å². The Bertz CT molecular complexity index is 1220. The molecule has 1 aromatic carbocycles. The maximum Gasteiger partial charge on any atom is 0.272 e. The summed E-state index contributed by atoms with van der Waals surface area (Å²) in [4.78, 5) is 28.0. The quantitative estimate of drug-likeness (QED) is 0.345. The smallest absolute Gasteiger partial charge is 0.272 e. The van der Waals surface area contributed by atoms with Gasteiger partial charge in [-0.3, -0.25) is 9.36 Å². The number of hydrogen-bond acceptors (Lipinski definition) is 6. The van der Waals surface area contributed by atoms with Crippen molar-refractivity contribution in [2.24, 2.45) is 5.92 Å². The van der Waals surface area contributed by atoms with Crippen molar-refractivity contribution in [3.05, 3.63) is 42.1 Å². The number of aryl methyl sites for hydroxylation is 1. The third-order valence-corrected chi connectivity index (χ3v) is 8.28. The number of ether oxygens (including phenoxy) is 1. The molecular formula is C31H46N6O2. The second-order valence-electron chi connectivity index (χ2n) is 10.9.